The third kappa shape index (κ3) is 2.32. The zero-order valence-electron chi connectivity index (χ0n) is 8.21. The number of aliphatic hydroxyl groups is 2. The molecule has 0 spiro atoms. The van der Waals surface area contributed by atoms with E-state index in [1.54, 1.807) is 0 Å². The molecule has 88 valence electrons. The van der Waals surface area contributed by atoms with E-state index in [1.165, 1.54) is 12.1 Å². The Balaban J connectivity index is 3.22. The van der Waals surface area contributed by atoms with E-state index in [1.807, 2.05) is 0 Å². The molecule has 0 saturated carbocycles. The Kier molecular flexibility index (Phi) is 3.88. The van der Waals surface area contributed by atoms with Crippen molar-refractivity contribution in [1.29, 1.82) is 0 Å². The third-order valence-corrected chi connectivity index (χ3v) is 2.13. The van der Waals surface area contributed by atoms with Gasteiger partial charge in [-0.05, 0) is 12.1 Å². The van der Waals surface area contributed by atoms with Crippen LogP contribution in [0.5, 0.6) is 0 Å². The van der Waals surface area contributed by atoms with Crippen LogP contribution in [0.2, 0.25) is 0 Å². The number of hydrogen-bond acceptors (Lipinski definition) is 5. The van der Waals surface area contributed by atoms with Gasteiger partial charge in [0.05, 0.1) is 16.6 Å². The number of hydrogen-bond donors (Lipinski definition) is 3. The van der Waals surface area contributed by atoms with Crippen LogP contribution >= 0.6 is 0 Å². The van der Waals surface area contributed by atoms with Crippen molar-refractivity contribution in [2.24, 2.45) is 5.73 Å². The molecule has 0 aliphatic rings. The fraction of sp³-hybridized carbons (Fsp3) is 0.333. The summed E-state index contributed by atoms with van der Waals surface area (Å²) in [5, 5.41) is 29.4. The molecule has 6 nitrogen and oxygen atoms in total. The summed E-state index contributed by atoms with van der Waals surface area (Å²) < 4.78 is 13.2. The summed E-state index contributed by atoms with van der Waals surface area (Å²) in [5.74, 6) is -1.06. The minimum Gasteiger partial charge on any atom is -0.389 e. The SMILES string of the molecule is NCC(O)C(O)c1cccc(F)c1[N+](=O)[O-]. The van der Waals surface area contributed by atoms with Crippen molar-refractivity contribution in [2.75, 3.05) is 6.54 Å². The largest absolute Gasteiger partial charge is 0.389 e. The van der Waals surface area contributed by atoms with Gasteiger partial charge < -0.3 is 15.9 Å². The fourth-order valence-electron chi connectivity index (χ4n) is 1.30. The number of nitrogens with zero attached hydrogens (tertiary/aromatic N) is 1. The molecular formula is C9H11FN2O4. The number of aliphatic hydroxyl groups excluding tert-OH is 2. The molecule has 0 radical (unpaired) electrons. The van der Waals surface area contributed by atoms with Gasteiger partial charge in [-0.1, -0.05) is 6.07 Å². The molecule has 1 aromatic carbocycles. The summed E-state index contributed by atoms with van der Waals surface area (Å²) in [6.07, 6.45) is -2.96. The molecule has 4 N–H and O–H groups in total. The molecule has 16 heavy (non-hydrogen) atoms. The van der Waals surface area contributed by atoms with Crippen LogP contribution in [-0.4, -0.2) is 27.8 Å². The lowest BCUT2D eigenvalue weighted by molar-refractivity contribution is -0.389. The van der Waals surface area contributed by atoms with Gasteiger partial charge in [-0.15, -0.1) is 0 Å². The van der Waals surface area contributed by atoms with Crippen LogP contribution in [0.1, 0.15) is 11.7 Å². The lowest BCUT2D eigenvalue weighted by atomic mass is 10.0. The Hall–Kier alpha value is -1.57. The molecule has 0 bridgehead atoms. The fourth-order valence-corrected chi connectivity index (χ4v) is 1.30. The molecule has 2 unspecified atom stereocenters. The van der Waals surface area contributed by atoms with Crippen LogP contribution in [-0.2, 0) is 0 Å². The number of benzene rings is 1. The van der Waals surface area contributed by atoms with Crippen LogP contribution < -0.4 is 5.73 Å². The molecule has 0 heterocycles. The van der Waals surface area contributed by atoms with E-state index in [2.05, 4.69) is 0 Å². The van der Waals surface area contributed by atoms with E-state index in [0.29, 0.717) is 0 Å². The van der Waals surface area contributed by atoms with Gasteiger partial charge in [-0.3, -0.25) is 10.1 Å². The molecule has 1 rings (SSSR count). The number of rotatable bonds is 4. The first kappa shape index (κ1) is 12.5. The third-order valence-electron chi connectivity index (χ3n) is 2.13. The molecule has 0 aliphatic carbocycles. The molecule has 1 aromatic rings. The van der Waals surface area contributed by atoms with Crippen LogP contribution in [0.25, 0.3) is 0 Å². The highest BCUT2D eigenvalue weighted by atomic mass is 19.1. The van der Waals surface area contributed by atoms with Crippen molar-refractivity contribution >= 4 is 5.69 Å². The van der Waals surface area contributed by atoms with Gasteiger partial charge in [-0.2, -0.15) is 4.39 Å². The van der Waals surface area contributed by atoms with Crippen molar-refractivity contribution in [3.8, 4) is 0 Å². The van der Waals surface area contributed by atoms with Gasteiger partial charge in [0.25, 0.3) is 0 Å². The predicted octanol–water partition coefficient (Wildman–Crippen LogP) is 0.0869. The summed E-state index contributed by atoms with van der Waals surface area (Å²) >= 11 is 0. The van der Waals surface area contributed by atoms with E-state index >= 15 is 0 Å². The average molecular weight is 230 g/mol. The Labute approximate surface area is 90.3 Å². The quantitative estimate of drug-likeness (QED) is 0.501. The summed E-state index contributed by atoms with van der Waals surface area (Å²) in [6, 6.07) is 3.29. The average Bonchev–Trinajstić information content (AvgIpc) is 2.26. The maximum Gasteiger partial charge on any atom is 0.310 e. The molecule has 0 amide bonds. The Morgan fingerprint density at radius 3 is 2.62 bits per heavy atom. The Bertz CT molecular complexity index is 399. The zero-order valence-corrected chi connectivity index (χ0v) is 8.21. The van der Waals surface area contributed by atoms with E-state index in [9.17, 15) is 24.7 Å². The summed E-state index contributed by atoms with van der Waals surface area (Å²) in [6.45, 7) is -0.283. The second kappa shape index (κ2) is 4.97. The lowest BCUT2D eigenvalue weighted by Crippen LogP contribution is -2.27. The zero-order chi connectivity index (χ0) is 12.3. The van der Waals surface area contributed by atoms with Crippen LogP contribution in [0.4, 0.5) is 10.1 Å². The first-order valence-electron chi connectivity index (χ1n) is 4.48. The van der Waals surface area contributed by atoms with Crippen molar-refractivity contribution in [2.45, 2.75) is 12.2 Å². The van der Waals surface area contributed by atoms with E-state index in [4.69, 9.17) is 5.73 Å². The summed E-state index contributed by atoms with van der Waals surface area (Å²) in [7, 11) is 0. The molecule has 0 saturated heterocycles. The van der Waals surface area contributed by atoms with Crippen molar-refractivity contribution in [3.63, 3.8) is 0 Å². The van der Waals surface area contributed by atoms with Gasteiger partial charge in [0, 0.05) is 6.54 Å². The van der Waals surface area contributed by atoms with Crippen LogP contribution in [0.15, 0.2) is 18.2 Å². The minimum atomic E-state index is -1.58. The molecular weight excluding hydrogens is 219 g/mol. The molecule has 0 aromatic heterocycles. The van der Waals surface area contributed by atoms with Crippen molar-refractivity contribution in [3.05, 3.63) is 39.7 Å². The maximum atomic E-state index is 13.2. The van der Waals surface area contributed by atoms with Gasteiger partial charge in [0.2, 0.25) is 5.82 Å². The topological polar surface area (TPSA) is 110 Å². The van der Waals surface area contributed by atoms with Crippen LogP contribution in [0, 0.1) is 15.9 Å². The van der Waals surface area contributed by atoms with Gasteiger partial charge in [0.15, 0.2) is 0 Å². The summed E-state index contributed by atoms with van der Waals surface area (Å²) in [4.78, 5) is 9.65. The maximum absolute atomic E-state index is 13.2. The smallest absolute Gasteiger partial charge is 0.310 e. The van der Waals surface area contributed by atoms with Gasteiger partial charge >= 0.3 is 5.69 Å². The normalized spacial score (nSPS) is 14.5. The molecule has 2 atom stereocenters. The number of nitro benzene ring substituents is 1. The van der Waals surface area contributed by atoms with E-state index in [0.717, 1.165) is 6.07 Å². The predicted molar refractivity (Wildman–Crippen MR) is 53.1 cm³/mol. The second-order valence-corrected chi connectivity index (χ2v) is 3.18. The summed E-state index contributed by atoms with van der Waals surface area (Å²) in [5.41, 5.74) is 3.97. The lowest BCUT2D eigenvalue weighted by Gasteiger charge is -2.16. The standard InChI is InChI=1S/C9H11FN2O4/c10-6-3-1-2-5(8(6)12(15)16)9(14)7(13)4-11/h1-3,7,9,13-14H,4,11H2. The number of nitro groups is 1. The Morgan fingerprint density at radius 2 is 2.12 bits per heavy atom. The van der Waals surface area contributed by atoms with E-state index in [-0.39, 0.29) is 12.1 Å². The van der Waals surface area contributed by atoms with Gasteiger partial charge in [0.1, 0.15) is 6.10 Å². The number of nitrogens with two attached hydrogens (primary N) is 1. The molecule has 0 aliphatic heterocycles. The second-order valence-electron chi connectivity index (χ2n) is 3.18. The Morgan fingerprint density at radius 1 is 1.50 bits per heavy atom. The monoisotopic (exact) mass is 230 g/mol. The van der Waals surface area contributed by atoms with E-state index < -0.39 is 28.6 Å². The first-order valence-corrected chi connectivity index (χ1v) is 4.48. The number of halogens is 1. The highest BCUT2D eigenvalue weighted by Gasteiger charge is 2.28. The highest BCUT2D eigenvalue weighted by Crippen LogP contribution is 2.29. The van der Waals surface area contributed by atoms with Gasteiger partial charge in [-0.25, -0.2) is 0 Å². The first-order chi connectivity index (χ1) is 7.49. The highest BCUT2D eigenvalue weighted by molar-refractivity contribution is 5.43. The van der Waals surface area contributed by atoms with Crippen molar-refractivity contribution in [1.82, 2.24) is 0 Å². The molecule has 7 heteroatoms. The minimum absolute atomic E-state index is 0.283. The number of para-hydroxylation sites is 1. The molecule has 0 fully saturated rings. The van der Waals surface area contributed by atoms with Crippen molar-refractivity contribution < 1.29 is 19.5 Å². The van der Waals surface area contributed by atoms with Crippen LogP contribution in [0.3, 0.4) is 0 Å².